The molecule has 2 rings (SSSR count). The van der Waals surface area contributed by atoms with Gasteiger partial charge in [0.25, 0.3) is 0 Å². The SMILES string of the molecule is CCCNC(C)c1ccc(N2CCN(C)CC2C)cc1. The average molecular weight is 275 g/mol. The van der Waals surface area contributed by atoms with Crippen LogP contribution < -0.4 is 10.2 Å². The molecule has 1 aromatic carbocycles. The highest BCUT2D eigenvalue weighted by molar-refractivity contribution is 5.49. The molecule has 1 saturated heterocycles. The molecule has 2 unspecified atom stereocenters. The summed E-state index contributed by atoms with van der Waals surface area (Å²) in [6.07, 6.45) is 1.18. The summed E-state index contributed by atoms with van der Waals surface area (Å²) < 4.78 is 0. The molecule has 2 atom stereocenters. The zero-order chi connectivity index (χ0) is 14.5. The fourth-order valence-electron chi connectivity index (χ4n) is 2.96. The Morgan fingerprint density at radius 1 is 1.25 bits per heavy atom. The van der Waals surface area contributed by atoms with Crippen molar-refractivity contribution in [2.75, 3.05) is 38.1 Å². The first kappa shape index (κ1) is 15.3. The zero-order valence-electron chi connectivity index (χ0n) is 13.4. The van der Waals surface area contributed by atoms with Crippen molar-refractivity contribution in [3.63, 3.8) is 0 Å². The second kappa shape index (κ2) is 7.09. The Kier molecular flexibility index (Phi) is 5.44. The van der Waals surface area contributed by atoms with Crippen molar-refractivity contribution in [1.29, 1.82) is 0 Å². The van der Waals surface area contributed by atoms with E-state index in [1.165, 1.54) is 17.7 Å². The third-order valence-corrected chi connectivity index (χ3v) is 4.26. The van der Waals surface area contributed by atoms with Crippen LogP contribution in [0.1, 0.15) is 38.8 Å². The van der Waals surface area contributed by atoms with E-state index in [1.54, 1.807) is 0 Å². The first-order chi connectivity index (χ1) is 9.61. The molecule has 3 heteroatoms. The van der Waals surface area contributed by atoms with E-state index < -0.39 is 0 Å². The first-order valence-corrected chi connectivity index (χ1v) is 7.90. The monoisotopic (exact) mass is 275 g/mol. The molecular weight excluding hydrogens is 246 g/mol. The van der Waals surface area contributed by atoms with Gasteiger partial charge in [0.2, 0.25) is 0 Å². The van der Waals surface area contributed by atoms with Crippen molar-refractivity contribution in [2.24, 2.45) is 0 Å². The van der Waals surface area contributed by atoms with E-state index in [0.717, 1.165) is 26.2 Å². The largest absolute Gasteiger partial charge is 0.366 e. The molecule has 1 heterocycles. The van der Waals surface area contributed by atoms with E-state index in [9.17, 15) is 0 Å². The lowest BCUT2D eigenvalue weighted by Crippen LogP contribution is -2.50. The molecule has 1 N–H and O–H groups in total. The minimum atomic E-state index is 0.439. The van der Waals surface area contributed by atoms with Gasteiger partial charge in [-0.25, -0.2) is 0 Å². The Morgan fingerprint density at radius 2 is 1.95 bits per heavy atom. The highest BCUT2D eigenvalue weighted by Gasteiger charge is 2.21. The van der Waals surface area contributed by atoms with Crippen LogP contribution in [0.25, 0.3) is 0 Å². The van der Waals surface area contributed by atoms with Gasteiger partial charge < -0.3 is 15.1 Å². The van der Waals surface area contributed by atoms with Crippen LogP contribution in [-0.4, -0.2) is 44.2 Å². The first-order valence-electron chi connectivity index (χ1n) is 7.90. The summed E-state index contributed by atoms with van der Waals surface area (Å²) >= 11 is 0. The van der Waals surface area contributed by atoms with Crippen molar-refractivity contribution in [3.8, 4) is 0 Å². The summed E-state index contributed by atoms with van der Waals surface area (Å²) in [5.41, 5.74) is 2.74. The molecule has 0 aliphatic carbocycles. The van der Waals surface area contributed by atoms with Gasteiger partial charge in [-0.3, -0.25) is 0 Å². The van der Waals surface area contributed by atoms with E-state index >= 15 is 0 Å². The van der Waals surface area contributed by atoms with Crippen LogP contribution in [0.4, 0.5) is 5.69 Å². The molecule has 0 radical (unpaired) electrons. The maximum atomic E-state index is 3.54. The summed E-state index contributed by atoms with van der Waals surface area (Å²) in [4.78, 5) is 4.93. The molecule has 0 spiro atoms. The maximum absolute atomic E-state index is 3.54. The molecule has 0 aromatic heterocycles. The molecule has 0 amide bonds. The van der Waals surface area contributed by atoms with Crippen molar-refractivity contribution < 1.29 is 0 Å². The minimum absolute atomic E-state index is 0.439. The van der Waals surface area contributed by atoms with Gasteiger partial charge in [-0.2, -0.15) is 0 Å². The standard InChI is InChI=1S/C17H29N3/c1-5-10-18-15(3)16-6-8-17(9-7-16)20-12-11-19(4)13-14(20)2/h6-9,14-15,18H,5,10-13H2,1-4H3. The summed E-state index contributed by atoms with van der Waals surface area (Å²) in [6, 6.07) is 10.1. The van der Waals surface area contributed by atoms with Crippen LogP contribution >= 0.6 is 0 Å². The minimum Gasteiger partial charge on any atom is -0.366 e. The quantitative estimate of drug-likeness (QED) is 0.891. The number of piperazine rings is 1. The van der Waals surface area contributed by atoms with Gasteiger partial charge >= 0.3 is 0 Å². The van der Waals surface area contributed by atoms with Gasteiger partial charge in [0, 0.05) is 37.4 Å². The van der Waals surface area contributed by atoms with Gasteiger partial charge in [0.05, 0.1) is 0 Å². The summed E-state index contributed by atoms with van der Waals surface area (Å²) in [6.45, 7) is 11.3. The maximum Gasteiger partial charge on any atom is 0.0389 e. The lowest BCUT2D eigenvalue weighted by Gasteiger charge is -2.40. The van der Waals surface area contributed by atoms with Gasteiger partial charge in [-0.1, -0.05) is 19.1 Å². The summed E-state index contributed by atoms with van der Waals surface area (Å²) in [7, 11) is 2.21. The van der Waals surface area contributed by atoms with Crippen LogP contribution in [0.15, 0.2) is 24.3 Å². The van der Waals surface area contributed by atoms with Crippen LogP contribution in [0, 0.1) is 0 Å². The molecule has 0 saturated carbocycles. The number of nitrogens with one attached hydrogen (secondary N) is 1. The number of nitrogens with zero attached hydrogens (tertiary/aromatic N) is 2. The number of anilines is 1. The van der Waals surface area contributed by atoms with E-state index in [4.69, 9.17) is 0 Å². The smallest absolute Gasteiger partial charge is 0.0389 e. The van der Waals surface area contributed by atoms with Crippen LogP contribution in [0.3, 0.4) is 0 Å². The second-order valence-electron chi connectivity index (χ2n) is 6.07. The fourth-order valence-corrected chi connectivity index (χ4v) is 2.96. The topological polar surface area (TPSA) is 18.5 Å². The van der Waals surface area contributed by atoms with Gasteiger partial charge in [0.1, 0.15) is 0 Å². The van der Waals surface area contributed by atoms with Crippen molar-refractivity contribution in [3.05, 3.63) is 29.8 Å². The summed E-state index contributed by atoms with van der Waals surface area (Å²) in [5.74, 6) is 0. The fraction of sp³-hybridized carbons (Fsp3) is 0.647. The van der Waals surface area contributed by atoms with Gasteiger partial charge in [-0.15, -0.1) is 0 Å². The molecule has 1 aromatic rings. The van der Waals surface area contributed by atoms with E-state index in [2.05, 4.69) is 67.2 Å². The molecular formula is C17H29N3. The summed E-state index contributed by atoms with van der Waals surface area (Å²) in [5, 5.41) is 3.54. The number of rotatable bonds is 5. The normalized spacial score (nSPS) is 22.0. The van der Waals surface area contributed by atoms with E-state index in [0.29, 0.717) is 12.1 Å². The zero-order valence-corrected chi connectivity index (χ0v) is 13.4. The Morgan fingerprint density at radius 3 is 2.55 bits per heavy atom. The van der Waals surface area contributed by atoms with Crippen LogP contribution in [0.5, 0.6) is 0 Å². The highest BCUT2D eigenvalue weighted by atomic mass is 15.3. The molecule has 0 bridgehead atoms. The van der Waals surface area contributed by atoms with E-state index in [1.807, 2.05) is 0 Å². The molecule has 1 fully saturated rings. The third kappa shape index (κ3) is 3.74. The molecule has 3 nitrogen and oxygen atoms in total. The van der Waals surface area contributed by atoms with E-state index in [-0.39, 0.29) is 0 Å². The highest BCUT2D eigenvalue weighted by Crippen LogP contribution is 2.22. The molecule has 20 heavy (non-hydrogen) atoms. The number of hydrogen-bond acceptors (Lipinski definition) is 3. The van der Waals surface area contributed by atoms with Crippen LogP contribution in [-0.2, 0) is 0 Å². The van der Waals surface area contributed by atoms with Crippen molar-refractivity contribution in [1.82, 2.24) is 10.2 Å². The van der Waals surface area contributed by atoms with Gasteiger partial charge in [-0.05, 0) is 51.6 Å². The average Bonchev–Trinajstić information content (AvgIpc) is 2.45. The number of likely N-dealkylation sites (N-methyl/N-ethyl adjacent to an activating group) is 1. The molecule has 1 aliphatic heterocycles. The lowest BCUT2D eigenvalue weighted by atomic mass is 10.1. The Hall–Kier alpha value is -1.06. The number of hydrogen-bond donors (Lipinski definition) is 1. The van der Waals surface area contributed by atoms with Crippen molar-refractivity contribution in [2.45, 2.75) is 39.3 Å². The van der Waals surface area contributed by atoms with Crippen LogP contribution in [0.2, 0.25) is 0 Å². The molecule has 1 aliphatic rings. The predicted octanol–water partition coefficient (Wildman–Crippen LogP) is 2.89. The Balaban J connectivity index is 2.00. The molecule has 112 valence electrons. The lowest BCUT2D eigenvalue weighted by molar-refractivity contribution is 0.275. The van der Waals surface area contributed by atoms with Gasteiger partial charge in [0.15, 0.2) is 0 Å². The second-order valence-corrected chi connectivity index (χ2v) is 6.07. The van der Waals surface area contributed by atoms with Crippen molar-refractivity contribution >= 4 is 5.69 Å². The predicted molar refractivity (Wildman–Crippen MR) is 87.5 cm³/mol. The Bertz CT molecular complexity index is 401. The Labute approximate surface area is 124 Å². The number of benzene rings is 1. The third-order valence-electron chi connectivity index (χ3n) is 4.26.